The topological polar surface area (TPSA) is 131 Å². The van der Waals surface area contributed by atoms with Gasteiger partial charge in [-0.2, -0.15) is 4.31 Å². The molecule has 30 heavy (non-hydrogen) atoms. The van der Waals surface area contributed by atoms with Crippen molar-refractivity contribution in [3.05, 3.63) is 58.6 Å². The van der Waals surface area contributed by atoms with Crippen molar-refractivity contribution in [2.24, 2.45) is 0 Å². The Morgan fingerprint density at radius 1 is 1.13 bits per heavy atom. The van der Waals surface area contributed by atoms with Crippen LogP contribution in [-0.4, -0.2) is 56.4 Å². The Balaban J connectivity index is 1.58. The van der Waals surface area contributed by atoms with E-state index in [-0.39, 0.29) is 42.5 Å². The molecule has 0 aliphatic carbocycles. The van der Waals surface area contributed by atoms with Crippen molar-refractivity contribution in [3.63, 3.8) is 0 Å². The second-order valence-corrected chi connectivity index (χ2v) is 8.48. The van der Waals surface area contributed by atoms with Gasteiger partial charge in [-0.15, -0.1) is 0 Å². The predicted octanol–water partition coefficient (Wildman–Crippen LogP) is 2.06. The van der Waals surface area contributed by atoms with Crippen LogP contribution in [0.3, 0.4) is 0 Å². The van der Waals surface area contributed by atoms with E-state index in [0.29, 0.717) is 24.6 Å². The number of para-hydroxylation sites is 2. The third-order valence-electron chi connectivity index (χ3n) is 4.49. The molecule has 1 fully saturated rings. The van der Waals surface area contributed by atoms with Crippen molar-refractivity contribution >= 4 is 33.0 Å². The molecule has 0 atom stereocenters. The number of rotatable bonds is 8. The maximum Gasteiger partial charge on any atom is 0.292 e. The van der Waals surface area contributed by atoms with E-state index in [1.165, 1.54) is 22.5 Å². The van der Waals surface area contributed by atoms with Crippen molar-refractivity contribution in [2.45, 2.75) is 11.3 Å². The van der Waals surface area contributed by atoms with E-state index in [4.69, 9.17) is 4.74 Å². The highest BCUT2D eigenvalue weighted by Gasteiger charge is 2.26. The van der Waals surface area contributed by atoms with E-state index in [9.17, 15) is 23.3 Å². The Morgan fingerprint density at radius 2 is 1.87 bits per heavy atom. The Labute approximate surface area is 174 Å². The average Bonchev–Trinajstić information content (AvgIpc) is 2.75. The first-order chi connectivity index (χ1) is 14.4. The van der Waals surface area contributed by atoms with Gasteiger partial charge in [0.15, 0.2) is 0 Å². The molecule has 0 spiro atoms. The maximum absolute atomic E-state index is 12.7. The molecule has 1 aliphatic rings. The fraction of sp³-hybridized carbons (Fsp3) is 0.316. The molecule has 0 aromatic heterocycles. The van der Waals surface area contributed by atoms with Gasteiger partial charge in [-0.05, 0) is 24.3 Å². The third kappa shape index (κ3) is 5.32. The number of sulfonamides is 1. The number of carbonyl (C=O) groups excluding carboxylic acids is 1. The molecule has 2 N–H and O–H groups in total. The molecule has 0 radical (unpaired) electrons. The zero-order chi connectivity index (χ0) is 21.6. The Kier molecular flexibility index (Phi) is 6.98. The number of hydrogen-bond acceptors (Lipinski definition) is 7. The number of nitro groups is 1. The van der Waals surface area contributed by atoms with E-state index in [1.807, 2.05) is 0 Å². The smallest absolute Gasteiger partial charge is 0.292 e. The van der Waals surface area contributed by atoms with Crippen LogP contribution >= 0.6 is 0 Å². The molecule has 2 aromatic rings. The highest BCUT2D eigenvalue weighted by atomic mass is 32.2. The molecule has 1 heterocycles. The zero-order valence-electron chi connectivity index (χ0n) is 16.1. The number of ether oxygens (including phenoxy) is 1. The minimum atomic E-state index is -3.66. The number of benzene rings is 2. The van der Waals surface area contributed by atoms with Gasteiger partial charge in [0.2, 0.25) is 15.9 Å². The third-order valence-corrected chi connectivity index (χ3v) is 6.39. The first-order valence-corrected chi connectivity index (χ1v) is 10.8. The Bertz CT molecular complexity index is 1020. The second-order valence-electron chi connectivity index (χ2n) is 6.54. The molecular weight excluding hydrogens is 412 g/mol. The van der Waals surface area contributed by atoms with E-state index in [2.05, 4.69) is 10.6 Å². The van der Waals surface area contributed by atoms with Crippen LogP contribution < -0.4 is 10.6 Å². The highest BCUT2D eigenvalue weighted by Crippen LogP contribution is 2.23. The molecule has 0 saturated carbocycles. The summed E-state index contributed by atoms with van der Waals surface area (Å²) in [6.07, 6.45) is 0.0481. The SMILES string of the molecule is O=C(CCNc1ccccc1[N+](=O)[O-])Nc1cccc(S(=O)(=O)N2CCOCC2)c1. The molecule has 0 bridgehead atoms. The summed E-state index contributed by atoms with van der Waals surface area (Å²) in [5.41, 5.74) is 0.618. The fourth-order valence-electron chi connectivity index (χ4n) is 2.99. The lowest BCUT2D eigenvalue weighted by atomic mass is 10.2. The number of carbonyl (C=O) groups is 1. The van der Waals surface area contributed by atoms with Crippen molar-refractivity contribution < 1.29 is 22.9 Å². The van der Waals surface area contributed by atoms with E-state index in [1.54, 1.807) is 30.3 Å². The Morgan fingerprint density at radius 3 is 2.60 bits per heavy atom. The van der Waals surface area contributed by atoms with E-state index in [0.717, 1.165) is 0 Å². The predicted molar refractivity (Wildman–Crippen MR) is 111 cm³/mol. The number of hydrogen-bond donors (Lipinski definition) is 2. The van der Waals surface area contributed by atoms with Crippen LogP contribution in [0.5, 0.6) is 0 Å². The normalized spacial score (nSPS) is 14.8. The molecule has 1 amide bonds. The van der Waals surface area contributed by atoms with Crippen molar-refractivity contribution in [2.75, 3.05) is 43.5 Å². The summed E-state index contributed by atoms with van der Waals surface area (Å²) in [6, 6.07) is 12.2. The molecule has 160 valence electrons. The average molecular weight is 434 g/mol. The molecule has 3 rings (SSSR count). The van der Waals surface area contributed by atoms with Gasteiger partial charge in [0.05, 0.1) is 23.0 Å². The number of nitrogens with one attached hydrogen (secondary N) is 2. The van der Waals surface area contributed by atoms with Crippen molar-refractivity contribution in [1.29, 1.82) is 0 Å². The van der Waals surface area contributed by atoms with E-state index < -0.39 is 14.9 Å². The van der Waals surface area contributed by atoms with Crippen molar-refractivity contribution in [1.82, 2.24) is 4.31 Å². The van der Waals surface area contributed by atoms with Gasteiger partial charge in [0.25, 0.3) is 5.69 Å². The van der Waals surface area contributed by atoms with Crippen LogP contribution in [0.25, 0.3) is 0 Å². The van der Waals surface area contributed by atoms with E-state index >= 15 is 0 Å². The lowest BCUT2D eigenvalue weighted by molar-refractivity contribution is -0.384. The Hall–Kier alpha value is -3.02. The number of morpholine rings is 1. The summed E-state index contributed by atoms with van der Waals surface area (Å²) in [4.78, 5) is 22.8. The van der Waals surface area contributed by atoms with Crippen LogP contribution in [0.15, 0.2) is 53.4 Å². The minimum absolute atomic E-state index is 0.0481. The molecule has 2 aromatic carbocycles. The zero-order valence-corrected chi connectivity index (χ0v) is 16.9. The summed E-state index contributed by atoms with van der Waals surface area (Å²) in [5.74, 6) is -0.345. The maximum atomic E-state index is 12.7. The van der Waals surface area contributed by atoms with Gasteiger partial charge in [-0.25, -0.2) is 8.42 Å². The largest absolute Gasteiger partial charge is 0.379 e. The summed E-state index contributed by atoms with van der Waals surface area (Å²) in [7, 11) is -3.66. The van der Waals surface area contributed by atoms with Gasteiger partial charge in [-0.1, -0.05) is 18.2 Å². The number of anilines is 2. The summed E-state index contributed by atoms with van der Waals surface area (Å²) >= 11 is 0. The standard InChI is InChI=1S/C19H22N4O6S/c24-19(8-9-20-17-6-1-2-7-18(17)23(25)26)21-15-4-3-5-16(14-15)30(27,28)22-10-12-29-13-11-22/h1-7,14,20H,8-13H2,(H,21,24). The highest BCUT2D eigenvalue weighted by molar-refractivity contribution is 7.89. The van der Waals surface area contributed by atoms with Gasteiger partial charge < -0.3 is 15.4 Å². The number of nitro benzene ring substituents is 1. The molecule has 11 heteroatoms. The molecule has 1 saturated heterocycles. The van der Waals surface area contributed by atoms with Gasteiger partial charge in [0, 0.05) is 37.8 Å². The summed E-state index contributed by atoms with van der Waals surface area (Å²) in [6.45, 7) is 1.46. The fourth-order valence-corrected chi connectivity index (χ4v) is 4.44. The molecular formula is C19H22N4O6S. The minimum Gasteiger partial charge on any atom is -0.379 e. The summed E-state index contributed by atoms with van der Waals surface area (Å²) < 4.78 is 32.0. The first-order valence-electron chi connectivity index (χ1n) is 9.33. The number of amides is 1. The second kappa shape index (κ2) is 9.65. The lowest BCUT2D eigenvalue weighted by Gasteiger charge is -2.26. The monoisotopic (exact) mass is 434 g/mol. The molecule has 0 unspecified atom stereocenters. The molecule has 1 aliphatic heterocycles. The number of nitrogens with zero attached hydrogens (tertiary/aromatic N) is 2. The van der Waals surface area contributed by atoms with Gasteiger partial charge >= 0.3 is 0 Å². The quantitative estimate of drug-likeness (QED) is 0.480. The van der Waals surface area contributed by atoms with Gasteiger partial charge in [-0.3, -0.25) is 14.9 Å². The van der Waals surface area contributed by atoms with Crippen LogP contribution in [0.1, 0.15) is 6.42 Å². The van der Waals surface area contributed by atoms with Crippen molar-refractivity contribution in [3.8, 4) is 0 Å². The van der Waals surface area contributed by atoms with Crippen LogP contribution in [0, 0.1) is 10.1 Å². The molecule has 10 nitrogen and oxygen atoms in total. The summed E-state index contributed by atoms with van der Waals surface area (Å²) in [5, 5.41) is 16.5. The lowest BCUT2D eigenvalue weighted by Crippen LogP contribution is -2.40. The van der Waals surface area contributed by atoms with Gasteiger partial charge in [0.1, 0.15) is 5.69 Å². The van der Waals surface area contributed by atoms with Crippen LogP contribution in [0.2, 0.25) is 0 Å². The van der Waals surface area contributed by atoms with Crippen LogP contribution in [0.4, 0.5) is 17.1 Å². The van der Waals surface area contributed by atoms with Crippen LogP contribution in [-0.2, 0) is 19.6 Å². The first kappa shape index (κ1) is 21.7.